The van der Waals surface area contributed by atoms with Crippen molar-refractivity contribution < 1.29 is 13.2 Å². The van der Waals surface area contributed by atoms with E-state index in [1.807, 2.05) is 33.8 Å². The summed E-state index contributed by atoms with van der Waals surface area (Å²) in [6.07, 6.45) is 0. The summed E-state index contributed by atoms with van der Waals surface area (Å²) in [5.74, 6) is 0. The minimum atomic E-state index is -0.647. The van der Waals surface area contributed by atoms with Crippen LogP contribution in [-0.2, 0) is 9.31 Å². The van der Waals surface area contributed by atoms with Gasteiger partial charge in [-0.25, -0.2) is 8.96 Å². The quantitative estimate of drug-likeness (QED) is 0.625. The summed E-state index contributed by atoms with van der Waals surface area (Å²) < 4.78 is 26.7. The molecule has 0 saturated carbocycles. The average Bonchev–Trinajstić information content (AvgIpc) is 2.84. The van der Waals surface area contributed by atoms with Crippen molar-refractivity contribution in [1.82, 2.24) is 8.96 Å². The van der Waals surface area contributed by atoms with Gasteiger partial charge < -0.3 is 9.31 Å². The maximum atomic E-state index is 13.4. The second-order valence-corrected chi connectivity index (χ2v) is 6.96. The van der Waals surface area contributed by atoms with Crippen molar-refractivity contribution >= 4 is 47.7 Å². The summed E-state index contributed by atoms with van der Waals surface area (Å²) in [7, 11) is -0.647. The average molecular weight is 329 g/mol. The summed E-state index contributed by atoms with van der Waals surface area (Å²) in [5, 5.41) is 1.10. The Hall–Kier alpha value is -0.755. The lowest BCUT2D eigenvalue weighted by Gasteiger charge is -2.32. The topological polar surface area (TPSA) is 36.3 Å². The number of hydrogen-bond donors (Lipinski definition) is 0. The van der Waals surface area contributed by atoms with E-state index in [4.69, 9.17) is 20.9 Å². The van der Waals surface area contributed by atoms with Crippen LogP contribution >= 0.6 is 23.9 Å². The van der Waals surface area contributed by atoms with E-state index >= 15 is 0 Å². The van der Waals surface area contributed by atoms with Crippen molar-refractivity contribution in [3.05, 3.63) is 23.4 Å². The minimum absolute atomic E-state index is 0.0629. The SMILES string of the molecule is CC1(C)OB(c2cc3ccc(Cl)nc3n2SF)OC1(C)C. The lowest BCUT2D eigenvalue weighted by Crippen LogP contribution is -2.41. The first-order chi connectivity index (χ1) is 9.75. The van der Waals surface area contributed by atoms with Gasteiger partial charge in [0.2, 0.25) is 0 Å². The highest BCUT2D eigenvalue weighted by molar-refractivity contribution is 7.93. The Bertz CT molecular complexity index is 691. The number of aromatic nitrogens is 2. The molecule has 1 fully saturated rings. The van der Waals surface area contributed by atoms with Crippen molar-refractivity contribution in [2.24, 2.45) is 0 Å². The molecule has 21 heavy (non-hydrogen) atoms. The van der Waals surface area contributed by atoms with Crippen LogP contribution in [-0.4, -0.2) is 27.3 Å². The highest BCUT2D eigenvalue weighted by Crippen LogP contribution is 2.37. The molecule has 0 aliphatic carbocycles. The summed E-state index contributed by atoms with van der Waals surface area (Å²) in [6.45, 7) is 7.82. The molecular weight excluding hydrogens is 313 g/mol. The van der Waals surface area contributed by atoms with Crippen molar-refractivity contribution in [3.63, 3.8) is 0 Å². The molecule has 112 valence electrons. The first kappa shape index (κ1) is 15.2. The van der Waals surface area contributed by atoms with Gasteiger partial charge in [-0.15, -0.1) is 3.89 Å². The van der Waals surface area contributed by atoms with Crippen molar-refractivity contribution in [2.45, 2.75) is 38.9 Å². The van der Waals surface area contributed by atoms with E-state index in [1.165, 1.54) is 3.97 Å². The molecular formula is C13H15BClFN2O2S. The van der Waals surface area contributed by atoms with Crippen LogP contribution in [0.25, 0.3) is 11.0 Å². The van der Waals surface area contributed by atoms with Crippen LogP contribution in [0, 0.1) is 0 Å². The molecule has 0 N–H and O–H groups in total. The minimum Gasteiger partial charge on any atom is -0.398 e. The molecule has 0 aromatic carbocycles. The van der Waals surface area contributed by atoms with Gasteiger partial charge in [0.25, 0.3) is 0 Å². The maximum absolute atomic E-state index is 13.4. The van der Waals surface area contributed by atoms with Crippen LogP contribution in [0.5, 0.6) is 0 Å². The van der Waals surface area contributed by atoms with Crippen LogP contribution in [0.4, 0.5) is 3.89 Å². The zero-order chi connectivity index (χ0) is 15.4. The zero-order valence-electron chi connectivity index (χ0n) is 12.2. The molecule has 0 unspecified atom stereocenters. The number of nitrogens with zero attached hydrogens (tertiary/aromatic N) is 2. The number of halogens is 2. The Balaban J connectivity index is 2.10. The van der Waals surface area contributed by atoms with Crippen LogP contribution in [0.15, 0.2) is 18.2 Å². The molecule has 0 bridgehead atoms. The standard InChI is InChI=1S/C13H15BClFN2O2S/c1-12(2)13(3,4)20-14(19-12)9-7-8-5-6-10(15)17-11(8)18(9)21-16/h5-7H,1-4H3. The van der Waals surface area contributed by atoms with Gasteiger partial charge in [0.15, 0.2) is 18.0 Å². The molecule has 0 amide bonds. The number of pyridine rings is 1. The van der Waals surface area contributed by atoms with Gasteiger partial charge in [0, 0.05) is 5.39 Å². The Kier molecular flexibility index (Phi) is 3.52. The molecule has 1 aliphatic rings. The molecule has 0 radical (unpaired) electrons. The van der Waals surface area contributed by atoms with Crippen LogP contribution < -0.4 is 5.59 Å². The fraction of sp³-hybridized carbons (Fsp3) is 0.462. The van der Waals surface area contributed by atoms with Gasteiger partial charge in [-0.1, -0.05) is 11.6 Å². The Labute approximate surface area is 132 Å². The highest BCUT2D eigenvalue weighted by atomic mass is 35.5. The fourth-order valence-electron chi connectivity index (χ4n) is 2.25. The third kappa shape index (κ3) is 2.36. The molecule has 1 aliphatic heterocycles. The predicted octanol–water partition coefficient (Wildman–Crippen LogP) is 3.37. The van der Waals surface area contributed by atoms with Gasteiger partial charge in [-0.3, -0.25) is 0 Å². The Morgan fingerprint density at radius 1 is 1.24 bits per heavy atom. The van der Waals surface area contributed by atoms with Crippen molar-refractivity contribution in [2.75, 3.05) is 0 Å². The van der Waals surface area contributed by atoms with E-state index in [2.05, 4.69) is 4.98 Å². The molecule has 8 heteroatoms. The van der Waals surface area contributed by atoms with E-state index in [0.717, 1.165) is 5.39 Å². The predicted molar refractivity (Wildman–Crippen MR) is 84.6 cm³/mol. The third-order valence-corrected chi connectivity index (χ3v) is 4.90. The molecule has 3 heterocycles. The molecule has 3 rings (SSSR count). The lowest BCUT2D eigenvalue weighted by molar-refractivity contribution is 0.00578. The third-order valence-electron chi connectivity index (χ3n) is 4.17. The van der Waals surface area contributed by atoms with Crippen LogP contribution in [0.2, 0.25) is 5.15 Å². The fourth-order valence-corrected chi connectivity index (χ4v) is 2.82. The summed E-state index contributed by atoms with van der Waals surface area (Å²) in [4.78, 5) is 4.17. The Morgan fingerprint density at radius 3 is 2.43 bits per heavy atom. The van der Waals surface area contributed by atoms with Crippen LogP contribution in [0.3, 0.4) is 0 Å². The first-order valence-electron chi connectivity index (χ1n) is 6.58. The van der Waals surface area contributed by atoms with Gasteiger partial charge in [-0.2, -0.15) is 0 Å². The van der Waals surface area contributed by atoms with E-state index in [9.17, 15) is 3.89 Å². The molecule has 1 saturated heterocycles. The maximum Gasteiger partial charge on any atom is 0.513 e. The normalized spacial score (nSPS) is 20.4. The number of hydrogen-bond acceptors (Lipinski definition) is 4. The summed E-state index contributed by atoms with van der Waals surface area (Å²) >= 11 is 5.95. The Morgan fingerprint density at radius 2 is 1.86 bits per heavy atom. The lowest BCUT2D eigenvalue weighted by atomic mass is 9.85. The molecule has 4 nitrogen and oxygen atoms in total. The van der Waals surface area contributed by atoms with E-state index in [1.54, 1.807) is 12.1 Å². The zero-order valence-corrected chi connectivity index (χ0v) is 13.8. The van der Waals surface area contributed by atoms with Gasteiger partial charge in [-0.05, 0) is 45.9 Å². The molecule has 0 atom stereocenters. The molecule has 2 aromatic rings. The second kappa shape index (κ2) is 4.88. The molecule has 0 spiro atoms. The largest absolute Gasteiger partial charge is 0.513 e. The summed E-state index contributed by atoms with van der Waals surface area (Å²) in [6, 6.07) is 5.28. The van der Waals surface area contributed by atoms with Crippen LogP contribution in [0.1, 0.15) is 27.7 Å². The second-order valence-electron chi connectivity index (χ2n) is 6.07. The first-order valence-corrected chi connectivity index (χ1v) is 7.63. The summed E-state index contributed by atoms with van der Waals surface area (Å²) in [5.41, 5.74) is 0.0707. The van der Waals surface area contributed by atoms with Gasteiger partial charge in [0.05, 0.1) is 16.8 Å². The molecule has 2 aromatic heterocycles. The van der Waals surface area contributed by atoms with Crippen molar-refractivity contribution in [3.8, 4) is 0 Å². The van der Waals surface area contributed by atoms with Gasteiger partial charge >= 0.3 is 7.12 Å². The number of rotatable bonds is 2. The highest BCUT2D eigenvalue weighted by Gasteiger charge is 2.53. The van der Waals surface area contributed by atoms with E-state index in [-0.39, 0.29) is 12.3 Å². The monoisotopic (exact) mass is 328 g/mol. The van der Waals surface area contributed by atoms with E-state index < -0.39 is 18.3 Å². The van der Waals surface area contributed by atoms with Crippen molar-refractivity contribution in [1.29, 1.82) is 0 Å². The number of fused-ring (bicyclic) bond motifs is 1. The van der Waals surface area contributed by atoms with Gasteiger partial charge in [0.1, 0.15) is 5.15 Å². The van der Waals surface area contributed by atoms with E-state index in [0.29, 0.717) is 16.4 Å². The smallest absolute Gasteiger partial charge is 0.398 e.